The van der Waals surface area contributed by atoms with Gasteiger partial charge in [0, 0.05) is 4.47 Å². The fourth-order valence-corrected chi connectivity index (χ4v) is 1.84. The van der Waals surface area contributed by atoms with Crippen LogP contribution >= 0.6 is 27.5 Å². The molecule has 0 aliphatic carbocycles. The quantitative estimate of drug-likeness (QED) is 0.509. The molecule has 0 saturated heterocycles. The number of phenols is 1. The van der Waals surface area contributed by atoms with E-state index in [4.69, 9.17) is 26.9 Å². The Morgan fingerprint density at radius 1 is 1.47 bits per heavy atom. The molecule has 1 aromatic carbocycles. The van der Waals surface area contributed by atoms with E-state index in [0.717, 1.165) is 0 Å². The van der Waals surface area contributed by atoms with E-state index in [-0.39, 0.29) is 10.6 Å². The first kappa shape index (κ1) is 14.2. The number of benzene rings is 1. The number of phenolic OH excluding ortho intramolecular Hbond substituents is 1. The van der Waals surface area contributed by atoms with Gasteiger partial charge in [0.25, 0.3) is 11.8 Å². The first-order chi connectivity index (χ1) is 7.76. The van der Waals surface area contributed by atoms with Crippen LogP contribution in [0, 0.1) is 0 Å². The molecule has 0 radical (unpaired) electrons. The number of aliphatic hydroxyl groups is 3. The maximum absolute atomic E-state index is 11.6. The molecule has 0 saturated carbocycles. The predicted octanol–water partition coefficient (Wildman–Crippen LogP) is 0.169. The number of nitrogens with one attached hydrogen (secondary N) is 1. The van der Waals surface area contributed by atoms with Gasteiger partial charge in [-0.2, -0.15) is 0 Å². The molecule has 1 aromatic rings. The minimum Gasteiger partial charge on any atom is -0.506 e. The van der Waals surface area contributed by atoms with Gasteiger partial charge < -0.3 is 20.4 Å². The Morgan fingerprint density at radius 3 is 2.59 bits per heavy atom. The highest BCUT2D eigenvalue weighted by Crippen LogP contribution is 2.31. The molecule has 5 N–H and O–H groups in total. The number of hydrogen-bond donors (Lipinski definition) is 5. The number of aliphatic hydroxyl groups excluding tert-OH is 1. The van der Waals surface area contributed by atoms with Gasteiger partial charge in [-0.3, -0.25) is 10.1 Å². The van der Waals surface area contributed by atoms with E-state index in [9.17, 15) is 9.90 Å². The molecule has 1 rings (SSSR count). The van der Waals surface area contributed by atoms with Crippen LogP contribution in [0.1, 0.15) is 10.4 Å². The van der Waals surface area contributed by atoms with Crippen molar-refractivity contribution in [2.24, 2.45) is 0 Å². The molecule has 0 bridgehead atoms. The van der Waals surface area contributed by atoms with E-state index in [2.05, 4.69) is 15.9 Å². The fraction of sp³-hybridized carbons (Fsp3) is 0.222. The topological polar surface area (TPSA) is 110 Å². The molecule has 0 atom stereocenters. The smallest absolute Gasteiger partial charge is 0.271 e. The maximum atomic E-state index is 11.6. The molecule has 8 heteroatoms. The first-order valence-corrected chi connectivity index (χ1v) is 5.50. The van der Waals surface area contributed by atoms with E-state index >= 15 is 0 Å². The van der Waals surface area contributed by atoms with Crippen LogP contribution in [0.4, 0.5) is 0 Å². The molecule has 94 valence electrons. The second-order valence-electron chi connectivity index (χ2n) is 3.21. The average Bonchev–Trinajstić information content (AvgIpc) is 2.22. The van der Waals surface area contributed by atoms with Crippen LogP contribution in [0.15, 0.2) is 16.6 Å². The van der Waals surface area contributed by atoms with Crippen molar-refractivity contribution in [2.75, 3.05) is 6.61 Å². The number of rotatable bonds is 3. The number of amides is 1. The molecule has 0 aliphatic heterocycles. The van der Waals surface area contributed by atoms with Crippen molar-refractivity contribution in [2.45, 2.75) is 5.91 Å². The van der Waals surface area contributed by atoms with E-state index < -0.39 is 24.2 Å². The molecule has 1 amide bonds. The number of aromatic hydroxyl groups is 1. The fourth-order valence-electron chi connectivity index (χ4n) is 1.03. The molecule has 0 aromatic heterocycles. The number of carbonyl (C=O) groups is 1. The van der Waals surface area contributed by atoms with Gasteiger partial charge in [-0.1, -0.05) is 27.5 Å². The standard InChI is InChI=1S/C9H9BrClNO5/c10-4-1-5(7(14)6(11)2-4)8(15)12-9(16,17)3-13/h1-2,13-14,16-17H,3H2,(H,12,15). The molecule has 0 aliphatic rings. The zero-order chi connectivity index (χ0) is 13.2. The third kappa shape index (κ3) is 3.55. The summed E-state index contributed by atoms with van der Waals surface area (Å²) in [4.78, 5) is 11.6. The summed E-state index contributed by atoms with van der Waals surface area (Å²) in [5.74, 6) is -4.26. The lowest BCUT2D eigenvalue weighted by atomic mass is 10.2. The van der Waals surface area contributed by atoms with Crippen LogP contribution in [-0.2, 0) is 0 Å². The van der Waals surface area contributed by atoms with Crippen LogP contribution in [0.3, 0.4) is 0 Å². The second kappa shape index (κ2) is 5.19. The van der Waals surface area contributed by atoms with Crippen molar-refractivity contribution in [3.63, 3.8) is 0 Å². The Balaban J connectivity index is 3.05. The summed E-state index contributed by atoms with van der Waals surface area (Å²) < 4.78 is 0.427. The molecule has 0 spiro atoms. The van der Waals surface area contributed by atoms with Gasteiger partial charge in [0.2, 0.25) is 0 Å². The average molecular weight is 327 g/mol. The summed E-state index contributed by atoms with van der Waals surface area (Å²) in [6, 6.07) is 2.61. The van der Waals surface area contributed by atoms with Crippen LogP contribution in [-0.4, -0.2) is 38.9 Å². The van der Waals surface area contributed by atoms with Gasteiger partial charge >= 0.3 is 0 Å². The van der Waals surface area contributed by atoms with Gasteiger partial charge in [-0.25, -0.2) is 0 Å². The number of halogens is 2. The largest absolute Gasteiger partial charge is 0.506 e. The summed E-state index contributed by atoms with van der Waals surface area (Å²) in [5, 5.41) is 37.8. The molecule has 6 nitrogen and oxygen atoms in total. The molecule has 0 fully saturated rings. The van der Waals surface area contributed by atoms with E-state index in [1.807, 2.05) is 0 Å². The monoisotopic (exact) mass is 325 g/mol. The minimum atomic E-state index is -2.77. The van der Waals surface area contributed by atoms with E-state index in [1.54, 1.807) is 5.32 Å². The number of hydrogen-bond acceptors (Lipinski definition) is 5. The van der Waals surface area contributed by atoms with Crippen molar-refractivity contribution < 1.29 is 25.2 Å². The van der Waals surface area contributed by atoms with E-state index in [0.29, 0.717) is 4.47 Å². The molecular formula is C9H9BrClNO5. The number of carbonyl (C=O) groups excluding carboxylic acids is 1. The van der Waals surface area contributed by atoms with Crippen LogP contribution in [0.2, 0.25) is 5.02 Å². The van der Waals surface area contributed by atoms with Crippen LogP contribution in [0.5, 0.6) is 5.75 Å². The zero-order valence-electron chi connectivity index (χ0n) is 8.31. The SMILES string of the molecule is O=C(NC(O)(O)CO)c1cc(Br)cc(Cl)c1O. The highest BCUT2D eigenvalue weighted by atomic mass is 79.9. The molecule has 17 heavy (non-hydrogen) atoms. The lowest BCUT2D eigenvalue weighted by Gasteiger charge is -2.20. The van der Waals surface area contributed by atoms with Gasteiger partial charge in [0.05, 0.1) is 10.6 Å². The van der Waals surface area contributed by atoms with Crippen molar-refractivity contribution in [3.8, 4) is 5.75 Å². The third-order valence-corrected chi connectivity index (χ3v) is 2.55. The Morgan fingerprint density at radius 2 is 2.06 bits per heavy atom. The molecule has 0 unspecified atom stereocenters. The Hall–Kier alpha value is -0.860. The van der Waals surface area contributed by atoms with Crippen LogP contribution in [0.25, 0.3) is 0 Å². The highest BCUT2D eigenvalue weighted by Gasteiger charge is 2.26. The van der Waals surface area contributed by atoms with Gasteiger partial charge in [0.1, 0.15) is 12.4 Å². The summed E-state index contributed by atoms with van der Waals surface area (Å²) in [6.07, 6.45) is 0. The van der Waals surface area contributed by atoms with Gasteiger partial charge in [-0.15, -0.1) is 0 Å². The second-order valence-corrected chi connectivity index (χ2v) is 4.54. The Labute approximate surface area is 110 Å². The summed E-state index contributed by atoms with van der Waals surface area (Å²) in [6.45, 7) is -1.10. The maximum Gasteiger partial charge on any atom is 0.271 e. The van der Waals surface area contributed by atoms with E-state index in [1.165, 1.54) is 12.1 Å². The normalized spacial score (nSPS) is 11.4. The van der Waals surface area contributed by atoms with Gasteiger partial charge in [0.15, 0.2) is 0 Å². The Bertz CT molecular complexity index is 451. The summed E-state index contributed by atoms with van der Waals surface area (Å²) in [5.41, 5.74) is -0.259. The van der Waals surface area contributed by atoms with Crippen molar-refractivity contribution in [1.82, 2.24) is 5.32 Å². The van der Waals surface area contributed by atoms with Crippen molar-refractivity contribution in [1.29, 1.82) is 0 Å². The lowest BCUT2D eigenvalue weighted by molar-refractivity contribution is -0.200. The molecular weight excluding hydrogens is 317 g/mol. The predicted molar refractivity (Wildman–Crippen MR) is 62.5 cm³/mol. The Kier molecular flexibility index (Phi) is 4.34. The highest BCUT2D eigenvalue weighted by molar-refractivity contribution is 9.10. The summed E-state index contributed by atoms with van der Waals surface area (Å²) >= 11 is 8.70. The zero-order valence-corrected chi connectivity index (χ0v) is 10.7. The molecule has 0 heterocycles. The third-order valence-electron chi connectivity index (χ3n) is 1.81. The van der Waals surface area contributed by atoms with Crippen molar-refractivity contribution in [3.05, 3.63) is 27.2 Å². The minimum absolute atomic E-state index is 0.0741. The van der Waals surface area contributed by atoms with Gasteiger partial charge in [-0.05, 0) is 12.1 Å². The van der Waals surface area contributed by atoms with Crippen LogP contribution < -0.4 is 5.32 Å². The first-order valence-electron chi connectivity index (χ1n) is 4.33. The lowest BCUT2D eigenvalue weighted by Crippen LogP contribution is -2.51. The summed E-state index contributed by atoms with van der Waals surface area (Å²) in [7, 11) is 0. The van der Waals surface area contributed by atoms with Crippen molar-refractivity contribution >= 4 is 33.4 Å².